The molecule has 3 heteroatoms. The summed E-state index contributed by atoms with van der Waals surface area (Å²) in [4.78, 5) is 0. The summed E-state index contributed by atoms with van der Waals surface area (Å²) >= 11 is 0. The van der Waals surface area contributed by atoms with Gasteiger partial charge >= 0.3 is 0 Å². The van der Waals surface area contributed by atoms with Crippen molar-refractivity contribution in [2.24, 2.45) is 11.3 Å². The van der Waals surface area contributed by atoms with E-state index in [2.05, 4.69) is 20.8 Å². The Labute approximate surface area is 120 Å². The summed E-state index contributed by atoms with van der Waals surface area (Å²) in [6.45, 7) is 6.81. The first-order valence-corrected chi connectivity index (χ1v) is 7.25. The van der Waals surface area contributed by atoms with E-state index in [9.17, 15) is 9.50 Å². The van der Waals surface area contributed by atoms with Crippen molar-refractivity contribution in [3.05, 3.63) is 29.1 Å². The molecule has 0 radical (unpaired) electrons. The van der Waals surface area contributed by atoms with Gasteiger partial charge in [0.2, 0.25) is 0 Å². The van der Waals surface area contributed by atoms with Crippen molar-refractivity contribution in [3.8, 4) is 11.8 Å². The van der Waals surface area contributed by atoms with Gasteiger partial charge in [0, 0.05) is 0 Å². The second kappa shape index (κ2) is 5.44. The maximum atomic E-state index is 13.7. The van der Waals surface area contributed by atoms with E-state index in [4.69, 9.17) is 5.26 Å². The van der Waals surface area contributed by atoms with Crippen molar-refractivity contribution >= 4 is 0 Å². The molecule has 2 rings (SSSR count). The minimum atomic E-state index is -0.611. The molecule has 1 fully saturated rings. The number of nitrogens with zero attached hydrogens (tertiary/aromatic N) is 1. The zero-order valence-corrected chi connectivity index (χ0v) is 12.4. The summed E-state index contributed by atoms with van der Waals surface area (Å²) in [5.41, 5.74) is 0.895. The van der Waals surface area contributed by atoms with Crippen molar-refractivity contribution in [3.63, 3.8) is 0 Å². The van der Waals surface area contributed by atoms with Crippen LogP contribution < -0.4 is 0 Å². The Morgan fingerprint density at radius 1 is 1.20 bits per heavy atom. The van der Waals surface area contributed by atoms with Crippen molar-refractivity contribution in [2.45, 2.75) is 52.4 Å². The van der Waals surface area contributed by atoms with Gasteiger partial charge in [0.25, 0.3) is 0 Å². The number of nitriles is 1. The predicted octanol–water partition coefficient (Wildman–Crippen LogP) is 4.72. The van der Waals surface area contributed by atoms with E-state index in [1.165, 1.54) is 6.07 Å². The maximum absolute atomic E-state index is 13.7. The van der Waals surface area contributed by atoms with Gasteiger partial charge in [0.1, 0.15) is 23.2 Å². The van der Waals surface area contributed by atoms with Crippen molar-refractivity contribution in [2.75, 3.05) is 0 Å². The highest BCUT2D eigenvalue weighted by Crippen LogP contribution is 2.43. The molecular formula is C17H22FNO. The molecule has 0 spiro atoms. The molecule has 0 atom stereocenters. The third-order valence-electron chi connectivity index (χ3n) is 4.63. The number of rotatable bonds is 1. The monoisotopic (exact) mass is 275 g/mol. The van der Waals surface area contributed by atoms with Gasteiger partial charge in [-0.15, -0.1) is 0 Å². The molecule has 0 aliphatic heterocycles. The molecule has 20 heavy (non-hydrogen) atoms. The van der Waals surface area contributed by atoms with Gasteiger partial charge in [-0.25, -0.2) is 4.39 Å². The molecule has 108 valence electrons. The van der Waals surface area contributed by atoms with Crippen molar-refractivity contribution in [1.29, 1.82) is 5.26 Å². The molecule has 1 saturated carbocycles. The predicted molar refractivity (Wildman–Crippen MR) is 76.9 cm³/mol. The van der Waals surface area contributed by atoms with Gasteiger partial charge in [-0.2, -0.15) is 5.26 Å². The highest BCUT2D eigenvalue weighted by Gasteiger charge is 2.30. The maximum Gasteiger partial charge on any atom is 0.145 e. The third kappa shape index (κ3) is 2.95. The van der Waals surface area contributed by atoms with Crippen molar-refractivity contribution in [1.82, 2.24) is 0 Å². The Hall–Kier alpha value is -1.56. The average molecular weight is 275 g/mol. The number of hydrogen-bond donors (Lipinski definition) is 1. The molecule has 1 aliphatic rings. The average Bonchev–Trinajstić information content (AvgIpc) is 2.37. The Bertz CT molecular complexity index is 508. The molecule has 0 heterocycles. The summed E-state index contributed by atoms with van der Waals surface area (Å²) in [6.07, 6.45) is 4.31. The normalized spacial score (nSPS) is 23.4. The van der Waals surface area contributed by atoms with E-state index in [1.807, 2.05) is 0 Å². The Morgan fingerprint density at radius 3 is 2.25 bits per heavy atom. The van der Waals surface area contributed by atoms with E-state index >= 15 is 0 Å². The van der Waals surface area contributed by atoms with Crippen LogP contribution in [0.2, 0.25) is 0 Å². The third-order valence-corrected chi connectivity index (χ3v) is 4.63. The number of benzene rings is 1. The second-order valence-electron chi connectivity index (χ2n) is 6.92. The largest absolute Gasteiger partial charge is 0.506 e. The van der Waals surface area contributed by atoms with Crippen LogP contribution in [0.5, 0.6) is 5.75 Å². The first kappa shape index (κ1) is 14.8. The molecule has 1 aromatic rings. The van der Waals surface area contributed by atoms with Crippen LogP contribution in [0.4, 0.5) is 4.39 Å². The lowest BCUT2D eigenvalue weighted by Crippen LogP contribution is -2.25. The van der Waals surface area contributed by atoms with Gasteiger partial charge in [0.15, 0.2) is 0 Å². The van der Waals surface area contributed by atoms with Gasteiger partial charge in [-0.3, -0.25) is 0 Å². The number of halogens is 1. The number of phenols is 1. The van der Waals surface area contributed by atoms with Crippen LogP contribution in [0.1, 0.15) is 63.5 Å². The van der Waals surface area contributed by atoms with E-state index < -0.39 is 5.82 Å². The van der Waals surface area contributed by atoms with Crippen LogP contribution in [-0.4, -0.2) is 5.11 Å². The lowest BCUT2D eigenvalue weighted by atomic mass is 9.68. The van der Waals surface area contributed by atoms with Gasteiger partial charge < -0.3 is 5.11 Å². The standard InChI is InChI=1S/C17H22FNO/c1-17(2,3)13-6-4-11(5-7-13)12-8-15(18)14(10-19)16(20)9-12/h8-9,11,13,20H,4-7H2,1-3H3. The number of aromatic hydroxyl groups is 1. The highest BCUT2D eigenvalue weighted by molar-refractivity contribution is 5.46. The minimum Gasteiger partial charge on any atom is -0.506 e. The molecule has 0 aromatic heterocycles. The zero-order valence-electron chi connectivity index (χ0n) is 12.4. The summed E-state index contributed by atoms with van der Waals surface area (Å²) in [6, 6.07) is 4.67. The first-order chi connectivity index (χ1) is 9.32. The summed E-state index contributed by atoms with van der Waals surface area (Å²) in [5, 5.41) is 18.5. The summed E-state index contributed by atoms with van der Waals surface area (Å²) in [5.74, 6) is 0.151. The fraction of sp³-hybridized carbons (Fsp3) is 0.588. The van der Waals surface area contributed by atoms with Crippen LogP contribution in [0.3, 0.4) is 0 Å². The molecular weight excluding hydrogens is 253 g/mol. The second-order valence-corrected chi connectivity index (χ2v) is 6.92. The Morgan fingerprint density at radius 2 is 1.80 bits per heavy atom. The van der Waals surface area contributed by atoms with Crippen LogP contribution in [-0.2, 0) is 0 Å². The molecule has 1 aliphatic carbocycles. The molecule has 1 aromatic carbocycles. The van der Waals surface area contributed by atoms with E-state index in [-0.39, 0.29) is 11.3 Å². The molecule has 0 unspecified atom stereocenters. The smallest absolute Gasteiger partial charge is 0.145 e. The fourth-order valence-corrected chi connectivity index (χ4v) is 3.25. The van der Waals surface area contributed by atoms with Crippen LogP contribution >= 0.6 is 0 Å². The van der Waals surface area contributed by atoms with Gasteiger partial charge in [-0.05, 0) is 60.6 Å². The van der Waals surface area contributed by atoms with Crippen LogP contribution in [0.15, 0.2) is 12.1 Å². The van der Waals surface area contributed by atoms with Gasteiger partial charge in [-0.1, -0.05) is 20.8 Å². The van der Waals surface area contributed by atoms with Crippen LogP contribution in [0, 0.1) is 28.5 Å². The zero-order chi connectivity index (χ0) is 14.9. The lowest BCUT2D eigenvalue weighted by Gasteiger charge is -2.37. The molecule has 0 bridgehead atoms. The quantitative estimate of drug-likeness (QED) is 0.805. The van der Waals surface area contributed by atoms with E-state index in [1.54, 1.807) is 12.1 Å². The van der Waals surface area contributed by atoms with Crippen molar-refractivity contribution < 1.29 is 9.50 Å². The highest BCUT2D eigenvalue weighted by atomic mass is 19.1. The Kier molecular flexibility index (Phi) is 4.04. The van der Waals surface area contributed by atoms with E-state index in [0.29, 0.717) is 17.3 Å². The lowest BCUT2D eigenvalue weighted by molar-refractivity contribution is 0.169. The van der Waals surface area contributed by atoms with Crippen LogP contribution in [0.25, 0.3) is 0 Å². The SMILES string of the molecule is CC(C)(C)C1CCC(c2cc(O)c(C#N)c(F)c2)CC1. The van der Waals surface area contributed by atoms with E-state index in [0.717, 1.165) is 31.2 Å². The Balaban J connectivity index is 2.14. The molecule has 0 amide bonds. The number of hydrogen-bond acceptors (Lipinski definition) is 2. The first-order valence-electron chi connectivity index (χ1n) is 7.25. The van der Waals surface area contributed by atoms with Gasteiger partial charge in [0.05, 0.1) is 0 Å². The molecule has 1 N–H and O–H groups in total. The summed E-state index contributed by atoms with van der Waals surface area (Å²) in [7, 11) is 0. The molecule has 0 saturated heterocycles. The minimum absolute atomic E-state index is 0.236. The fourth-order valence-electron chi connectivity index (χ4n) is 3.25. The number of phenolic OH excluding ortho intramolecular Hbond substituents is 1. The topological polar surface area (TPSA) is 44.0 Å². The molecule has 2 nitrogen and oxygen atoms in total. The summed E-state index contributed by atoms with van der Waals surface area (Å²) < 4.78 is 13.7.